The minimum atomic E-state index is -0.137. The van der Waals surface area contributed by atoms with Crippen molar-refractivity contribution in [1.29, 1.82) is 0 Å². The van der Waals surface area contributed by atoms with Crippen LogP contribution in [0.3, 0.4) is 0 Å². The van der Waals surface area contributed by atoms with Gasteiger partial charge in [0.15, 0.2) is 0 Å². The summed E-state index contributed by atoms with van der Waals surface area (Å²) in [5, 5.41) is 0. The molecule has 4 nitrogen and oxygen atoms in total. The number of fused-ring (bicyclic) bond motifs is 1. The summed E-state index contributed by atoms with van der Waals surface area (Å²) in [6, 6.07) is 7.70. The van der Waals surface area contributed by atoms with Gasteiger partial charge >= 0.3 is 0 Å². The zero-order chi connectivity index (χ0) is 12.5. The fourth-order valence-electron chi connectivity index (χ4n) is 2.47. The van der Waals surface area contributed by atoms with Gasteiger partial charge in [0, 0.05) is 13.7 Å². The normalized spacial score (nSPS) is 20.2. The molecule has 1 saturated heterocycles. The smallest absolute Gasteiger partial charge is 0.275 e. The first kappa shape index (κ1) is 11.4. The first-order chi connectivity index (χ1) is 8.77. The number of para-hydroxylation sites is 2. The molecule has 1 atom stereocenters. The molecule has 2 aromatic rings. The van der Waals surface area contributed by atoms with E-state index in [2.05, 4.69) is 4.98 Å². The number of benzene rings is 1. The molecule has 0 saturated carbocycles. The Labute approximate surface area is 105 Å². The zero-order valence-electron chi connectivity index (χ0n) is 10.4. The molecule has 2 heterocycles. The van der Waals surface area contributed by atoms with Crippen molar-refractivity contribution >= 4 is 11.0 Å². The van der Waals surface area contributed by atoms with Crippen molar-refractivity contribution in [3.63, 3.8) is 0 Å². The molecule has 1 aromatic heterocycles. The van der Waals surface area contributed by atoms with Crippen LogP contribution in [0.1, 0.15) is 31.1 Å². The van der Waals surface area contributed by atoms with E-state index in [0.717, 1.165) is 36.9 Å². The summed E-state index contributed by atoms with van der Waals surface area (Å²) in [6.45, 7) is 0.725. The third-order valence-electron chi connectivity index (χ3n) is 3.49. The molecule has 1 aromatic carbocycles. The van der Waals surface area contributed by atoms with Gasteiger partial charge in [0.2, 0.25) is 0 Å². The highest BCUT2D eigenvalue weighted by molar-refractivity contribution is 5.74. The highest BCUT2D eigenvalue weighted by Gasteiger charge is 2.22. The maximum atomic E-state index is 12.3. The third kappa shape index (κ3) is 1.82. The molecule has 94 valence electrons. The fourth-order valence-corrected chi connectivity index (χ4v) is 2.47. The maximum absolute atomic E-state index is 12.3. The van der Waals surface area contributed by atoms with Crippen LogP contribution in [0.15, 0.2) is 29.1 Å². The van der Waals surface area contributed by atoms with Crippen LogP contribution in [0.2, 0.25) is 0 Å². The molecule has 0 spiro atoms. The van der Waals surface area contributed by atoms with Gasteiger partial charge in [-0.05, 0) is 31.4 Å². The number of rotatable bonds is 1. The van der Waals surface area contributed by atoms with Gasteiger partial charge in [-0.2, -0.15) is 0 Å². The van der Waals surface area contributed by atoms with Crippen LogP contribution in [0, 0.1) is 0 Å². The lowest BCUT2D eigenvalue weighted by Gasteiger charge is -2.22. The van der Waals surface area contributed by atoms with Crippen molar-refractivity contribution in [3.8, 4) is 0 Å². The summed E-state index contributed by atoms with van der Waals surface area (Å²) in [6.07, 6.45) is 2.93. The van der Waals surface area contributed by atoms with Crippen LogP contribution in [0.4, 0.5) is 0 Å². The quantitative estimate of drug-likeness (QED) is 0.772. The van der Waals surface area contributed by atoms with Crippen LogP contribution in [-0.2, 0) is 11.8 Å². The maximum Gasteiger partial charge on any atom is 0.275 e. The molecule has 0 aliphatic carbocycles. The van der Waals surface area contributed by atoms with E-state index >= 15 is 0 Å². The molecule has 1 aliphatic rings. The largest absolute Gasteiger partial charge is 0.372 e. The van der Waals surface area contributed by atoms with Crippen molar-refractivity contribution in [2.75, 3.05) is 6.61 Å². The third-order valence-corrected chi connectivity index (χ3v) is 3.49. The summed E-state index contributed by atoms with van der Waals surface area (Å²) in [5.41, 5.74) is 2.22. The molecular formula is C14H16N2O2. The molecular weight excluding hydrogens is 228 g/mol. The number of nitrogens with zero attached hydrogens (tertiary/aromatic N) is 2. The van der Waals surface area contributed by atoms with E-state index < -0.39 is 0 Å². The first-order valence-electron chi connectivity index (χ1n) is 6.34. The van der Waals surface area contributed by atoms with Gasteiger partial charge in [-0.3, -0.25) is 4.79 Å². The van der Waals surface area contributed by atoms with Gasteiger partial charge < -0.3 is 9.30 Å². The zero-order valence-corrected chi connectivity index (χ0v) is 10.4. The summed E-state index contributed by atoms with van der Waals surface area (Å²) in [7, 11) is 1.79. The number of aromatic nitrogens is 2. The van der Waals surface area contributed by atoms with Crippen LogP contribution < -0.4 is 5.56 Å². The van der Waals surface area contributed by atoms with Crippen LogP contribution in [0.25, 0.3) is 11.0 Å². The van der Waals surface area contributed by atoms with Crippen molar-refractivity contribution in [2.24, 2.45) is 7.05 Å². The Morgan fingerprint density at radius 3 is 2.94 bits per heavy atom. The second-order valence-corrected chi connectivity index (χ2v) is 4.71. The number of hydrogen-bond acceptors (Lipinski definition) is 3. The topological polar surface area (TPSA) is 44.1 Å². The average molecular weight is 244 g/mol. The van der Waals surface area contributed by atoms with Crippen LogP contribution in [-0.4, -0.2) is 16.2 Å². The molecule has 0 N–H and O–H groups in total. The van der Waals surface area contributed by atoms with Crippen molar-refractivity contribution in [3.05, 3.63) is 40.3 Å². The SMILES string of the molecule is Cn1c(=O)c(C2CCCCO2)nc2ccccc21. The molecule has 1 unspecified atom stereocenters. The Balaban J connectivity index is 2.17. The number of ether oxygens (including phenoxy) is 1. The molecule has 3 rings (SSSR count). The Bertz CT molecular complexity index is 627. The summed E-state index contributed by atoms with van der Waals surface area (Å²) < 4.78 is 7.34. The lowest BCUT2D eigenvalue weighted by molar-refractivity contribution is 0.0114. The van der Waals surface area contributed by atoms with E-state index in [0.29, 0.717) is 5.69 Å². The molecule has 0 radical (unpaired) electrons. The lowest BCUT2D eigenvalue weighted by Crippen LogP contribution is -2.28. The van der Waals surface area contributed by atoms with Crippen LogP contribution >= 0.6 is 0 Å². The van der Waals surface area contributed by atoms with Gasteiger partial charge in [-0.15, -0.1) is 0 Å². The first-order valence-corrected chi connectivity index (χ1v) is 6.34. The monoisotopic (exact) mass is 244 g/mol. The number of aryl methyl sites for hydroxylation is 1. The lowest BCUT2D eigenvalue weighted by atomic mass is 10.1. The second-order valence-electron chi connectivity index (χ2n) is 4.71. The second kappa shape index (κ2) is 4.53. The Hall–Kier alpha value is -1.68. The van der Waals surface area contributed by atoms with E-state index in [9.17, 15) is 4.79 Å². The Morgan fingerprint density at radius 1 is 1.33 bits per heavy atom. The van der Waals surface area contributed by atoms with Gasteiger partial charge in [0.25, 0.3) is 5.56 Å². The molecule has 4 heteroatoms. The molecule has 1 aliphatic heterocycles. The van der Waals surface area contributed by atoms with E-state index in [4.69, 9.17) is 4.74 Å². The van der Waals surface area contributed by atoms with Gasteiger partial charge in [-0.1, -0.05) is 12.1 Å². The van der Waals surface area contributed by atoms with Crippen molar-refractivity contribution in [2.45, 2.75) is 25.4 Å². The summed E-state index contributed by atoms with van der Waals surface area (Å²) in [5.74, 6) is 0. The standard InChI is InChI=1S/C14H16N2O2/c1-16-11-7-3-2-6-10(11)15-13(14(16)17)12-8-4-5-9-18-12/h2-3,6-7,12H,4-5,8-9H2,1H3. The predicted molar refractivity (Wildman–Crippen MR) is 69.5 cm³/mol. The van der Waals surface area contributed by atoms with E-state index in [-0.39, 0.29) is 11.7 Å². The minimum Gasteiger partial charge on any atom is -0.372 e. The van der Waals surface area contributed by atoms with Gasteiger partial charge in [0.05, 0.1) is 11.0 Å². The average Bonchev–Trinajstić information content (AvgIpc) is 2.44. The van der Waals surface area contributed by atoms with E-state index in [1.807, 2.05) is 24.3 Å². The van der Waals surface area contributed by atoms with Gasteiger partial charge in [0.1, 0.15) is 11.8 Å². The predicted octanol–water partition coefficient (Wildman–Crippen LogP) is 2.18. The van der Waals surface area contributed by atoms with E-state index in [1.165, 1.54) is 0 Å². The van der Waals surface area contributed by atoms with Gasteiger partial charge in [-0.25, -0.2) is 4.98 Å². The van der Waals surface area contributed by atoms with E-state index in [1.54, 1.807) is 11.6 Å². The molecule has 0 bridgehead atoms. The molecule has 0 amide bonds. The highest BCUT2D eigenvalue weighted by atomic mass is 16.5. The Morgan fingerprint density at radius 2 is 2.17 bits per heavy atom. The molecule has 1 fully saturated rings. The van der Waals surface area contributed by atoms with Crippen molar-refractivity contribution < 1.29 is 4.74 Å². The fraction of sp³-hybridized carbons (Fsp3) is 0.429. The number of hydrogen-bond donors (Lipinski definition) is 0. The molecule has 18 heavy (non-hydrogen) atoms. The van der Waals surface area contributed by atoms with Crippen LogP contribution in [0.5, 0.6) is 0 Å². The minimum absolute atomic E-state index is 0.0411. The Kier molecular flexibility index (Phi) is 2.88. The van der Waals surface area contributed by atoms with Crippen molar-refractivity contribution in [1.82, 2.24) is 9.55 Å². The summed E-state index contributed by atoms with van der Waals surface area (Å²) >= 11 is 0. The highest BCUT2D eigenvalue weighted by Crippen LogP contribution is 2.25. The summed E-state index contributed by atoms with van der Waals surface area (Å²) in [4.78, 5) is 16.8.